The molecule has 0 aliphatic carbocycles. The molecule has 0 bridgehead atoms. The van der Waals surface area contributed by atoms with Crippen molar-refractivity contribution in [3.63, 3.8) is 0 Å². The minimum absolute atomic E-state index is 0.261. The molecule has 1 aliphatic rings. The standard InChI is InChI=1S/C15H18Cl2N4/c1-20-4-3-19-15(20)14-9-18-2-5-21(14)10-11-6-12(16)8-13(17)7-11/h3-4,6-8,14,18H,2,5,9-10H2,1H3. The van der Waals surface area contributed by atoms with E-state index < -0.39 is 0 Å². The van der Waals surface area contributed by atoms with Gasteiger partial charge in [0.1, 0.15) is 5.82 Å². The van der Waals surface area contributed by atoms with Gasteiger partial charge in [-0.15, -0.1) is 0 Å². The lowest BCUT2D eigenvalue weighted by Crippen LogP contribution is -2.46. The van der Waals surface area contributed by atoms with Crippen molar-refractivity contribution in [1.82, 2.24) is 19.8 Å². The molecule has 1 aromatic heterocycles. The van der Waals surface area contributed by atoms with E-state index in [2.05, 4.69) is 19.8 Å². The predicted molar refractivity (Wildman–Crippen MR) is 85.7 cm³/mol. The van der Waals surface area contributed by atoms with Crippen molar-refractivity contribution in [2.75, 3.05) is 19.6 Å². The zero-order valence-corrected chi connectivity index (χ0v) is 13.4. The molecule has 4 nitrogen and oxygen atoms in total. The quantitative estimate of drug-likeness (QED) is 0.942. The third kappa shape index (κ3) is 3.40. The summed E-state index contributed by atoms with van der Waals surface area (Å²) >= 11 is 12.2. The van der Waals surface area contributed by atoms with Crippen LogP contribution in [0.3, 0.4) is 0 Å². The Kier molecular flexibility index (Phi) is 4.50. The van der Waals surface area contributed by atoms with Crippen LogP contribution >= 0.6 is 23.2 Å². The second-order valence-electron chi connectivity index (χ2n) is 5.36. The second kappa shape index (κ2) is 6.36. The summed E-state index contributed by atoms with van der Waals surface area (Å²) < 4.78 is 2.08. The van der Waals surface area contributed by atoms with E-state index >= 15 is 0 Å². The maximum atomic E-state index is 6.10. The number of nitrogens with zero attached hydrogens (tertiary/aromatic N) is 3. The van der Waals surface area contributed by atoms with Crippen LogP contribution in [0.5, 0.6) is 0 Å². The molecule has 0 amide bonds. The van der Waals surface area contributed by atoms with Crippen LogP contribution < -0.4 is 5.32 Å². The summed E-state index contributed by atoms with van der Waals surface area (Å²) in [5, 5.41) is 4.81. The van der Waals surface area contributed by atoms with Gasteiger partial charge in [0, 0.05) is 55.7 Å². The molecule has 21 heavy (non-hydrogen) atoms. The third-order valence-electron chi connectivity index (χ3n) is 3.82. The maximum Gasteiger partial charge on any atom is 0.127 e. The Morgan fingerprint density at radius 2 is 2.05 bits per heavy atom. The lowest BCUT2D eigenvalue weighted by atomic mass is 10.1. The average Bonchev–Trinajstić information content (AvgIpc) is 2.84. The summed E-state index contributed by atoms with van der Waals surface area (Å²) in [4.78, 5) is 6.91. The fourth-order valence-electron chi connectivity index (χ4n) is 2.83. The first-order valence-electron chi connectivity index (χ1n) is 7.00. The summed E-state index contributed by atoms with van der Waals surface area (Å²) in [6.45, 7) is 3.68. The summed E-state index contributed by atoms with van der Waals surface area (Å²) in [7, 11) is 2.03. The maximum absolute atomic E-state index is 6.10. The number of benzene rings is 1. The molecule has 1 saturated heterocycles. The van der Waals surface area contributed by atoms with Crippen molar-refractivity contribution >= 4 is 23.2 Å². The Balaban J connectivity index is 1.83. The highest BCUT2D eigenvalue weighted by molar-refractivity contribution is 6.34. The third-order valence-corrected chi connectivity index (χ3v) is 4.26. The van der Waals surface area contributed by atoms with Crippen LogP contribution in [0.25, 0.3) is 0 Å². The molecule has 6 heteroatoms. The molecule has 1 aromatic carbocycles. The van der Waals surface area contributed by atoms with E-state index in [9.17, 15) is 0 Å². The number of hydrogen-bond donors (Lipinski definition) is 1. The van der Waals surface area contributed by atoms with Gasteiger partial charge in [-0.3, -0.25) is 4.90 Å². The van der Waals surface area contributed by atoms with Crippen LogP contribution in [0.2, 0.25) is 10.0 Å². The average molecular weight is 325 g/mol. The first-order valence-corrected chi connectivity index (χ1v) is 7.76. The number of rotatable bonds is 3. The van der Waals surface area contributed by atoms with E-state index in [1.54, 1.807) is 6.07 Å². The van der Waals surface area contributed by atoms with E-state index in [1.807, 2.05) is 31.6 Å². The first kappa shape index (κ1) is 14.9. The van der Waals surface area contributed by atoms with E-state index in [4.69, 9.17) is 23.2 Å². The number of piperazine rings is 1. The monoisotopic (exact) mass is 324 g/mol. The Hall–Kier alpha value is -1.07. The first-order chi connectivity index (χ1) is 10.1. The van der Waals surface area contributed by atoms with Gasteiger partial charge in [-0.25, -0.2) is 4.98 Å². The van der Waals surface area contributed by atoms with Crippen LogP contribution in [-0.2, 0) is 13.6 Å². The smallest absolute Gasteiger partial charge is 0.127 e. The molecule has 2 heterocycles. The molecular formula is C15H18Cl2N4. The summed E-state index contributed by atoms with van der Waals surface area (Å²) in [6, 6.07) is 5.98. The van der Waals surface area contributed by atoms with E-state index in [0.29, 0.717) is 10.0 Å². The fourth-order valence-corrected chi connectivity index (χ4v) is 3.40. The van der Waals surface area contributed by atoms with Crippen molar-refractivity contribution in [3.8, 4) is 0 Å². The molecule has 0 radical (unpaired) electrons. The van der Waals surface area contributed by atoms with Crippen molar-refractivity contribution in [3.05, 3.63) is 52.0 Å². The van der Waals surface area contributed by atoms with Crippen LogP contribution in [0.4, 0.5) is 0 Å². The van der Waals surface area contributed by atoms with Gasteiger partial charge in [0.15, 0.2) is 0 Å². The van der Waals surface area contributed by atoms with Gasteiger partial charge in [0.05, 0.1) is 6.04 Å². The van der Waals surface area contributed by atoms with Crippen molar-refractivity contribution < 1.29 is 0 Å². The molecule has 1 aliphatic heterocycles. The minimum Gasteiger partial charge on any atom is -0.337 e. The molecule has 1 atom stereocenters. The fraction of sp³-hybridized carbons (Fsp3) is 0.400. The summed E-state index contributed by atoms with van der Waals surface area (Å²) in [5.74, 6) is 1.08. The number of hydrogen-bond acceptors (Lipinski definition) is 3. The van der Waals surface area contributed by atoms with Crippen LogP contribution in [-0.4, -0.2) is 34.1 Å². The van der Waals surface area contributed by atoms with Gasteiger partial charge in [-0.2, -0.15) is 0 Å². The SMILES string of the molecule is Cn1ccnc1C1CNCCN1Cc1cc(Cl)cc(Cl)c1. The van der Waals surface area contributed by atoms with Gasteiger partial charge in [0.2, 0.25) is 0 Å². The van der Waals surface area contributed by atoms with Crippen molar-refractivity contribution in [2.45, 2.75) is 12.6 Å². The highest BCUT2D eigenvalue weighted by Crippen LogP contribution is 2.25. The molecule has 1 fully saturated rings. The number of imidazole rings is 1. The van der Waals surface area contributed by atoms with Gasteiger partial charge in [0.25, 0.3) is 0 Å². The molecule has 1 N–H and O–H groups in total. The highest BCUT2D eigenvalue weighted by atomic mass is 35.5. The Labute approximate surface area is 134 Å². The molecule has 0 spiro atoms. The van der Waals surface area contributed by atoms with Gasteiger partial charge < -0.3 is 9.88 Å². The predicted octanol–water partition coefficient (Wildman–Crippen LogP) is 2.87. The van der Waals surface area contributed by atoms with Gasteiger partial charge in [-0.05, 0) is 23.8 Å². The Morgan fingerprint density at radius 3 is 2.71 bits per heavy atom. The van der Waals surface area contributed by atoms with Crippen molar-refractivity contribution in [1.29, 1.82) is 0 Å². The lowest BCUT2D eigenvalue weighted by molar-refractivity contribution is 0.145. The molecule has 3 rings (SSSR count). The lowest BCUT2D eigenvalue weighted by Gasteiger charge is -2.35. The second-order valence-corrected chi connectivity index (χ2v) is 6.24. The highest BCUT2D eigenvalue weighted by Gasteiger charge is 2.26. The Bertz CT molecular complexity index is 606. The largest absolute Gasteiger partial charge is 0.337 e. The Morgan fingerprint density at radius 1 is 1.29 bits per heavy atom. The van der Waals surface area contributed by atoms with Crippen LogP contribution in [0.1, 0.15) is 17.4 Å². The normalized spacial score (nSPS) is 19.9. The molecule has 112 valence electrons. The topological polar surface area (TPSA) is 33.1 Å². The molecular weight excluding hydrogens is 307 g/mol. The zero-order chi connectivity index (χ0) is 14.8. The van der Waals surface area contributed by atoms with Crippen molar-refractivity contribution in [2.24, 2.45) is 7.05 Å². The zero-order valence-electron chi connectivity index (χ0n) is 11.9. The molecule has 2 aromatic rings. The number of halogens is 2. The number of aryl methyl sites for hydroxylation is 1. The minimum atomic E-state index is 0.261. The van der Waals surface area contributed by atoms with Gasteiger partial charge >= 0.3 is 0 Å². The van der Waals surface area contributed by atoms with E-state index in [1.165, 1.54) is 0 Å². The molecule has 1 unspecified atom stereocenters. The summed E-state index contributed by atoms with van der Waals surface area (Å²) in [5.41, 5.74) is 1.13. The molecule has 0 saturated carbocycles. The van der Waals surface area contributed by atoms with Crippen LogP contribution in [0.15, 0.2) is 30.6 Å². The number of nitrogens with one attached hydrogen (secondary N) is 1. The van der Waals surface area contributed by atoms with E-state index in [-0.39, 0.29) is 6.04 Å². The van der Waals surface area contributed by atoms with E-state index in [0.717, 1.165) is 37.6 Å². The summed E-state index contributed by atoms with van der Waals surface area (Å²) in [6.07, 6.45) is 3.83. The van der Waals surface area contributed by atoms with Gasteiger partial charge in [-0.1, -0.05) is 23.2 Å². The van der Waals surface area contributed by atoms with Crippen LogP contribution in [0, 0.1) is 0 Å². The number of aromatic nitrogens is 2.